The van der Waals surface area contributed by atoms with Gasteiger partial charge in [0.2, 0.25) is 0 Å². The minimum atomic E-state index is -4.99. The number of nitrogens with two attached hydrogens (primary N) is 1. The third kappa shape index (κ3) is 3.21. The van der Waals surface area contributed by atoms with Crippen LogP contribution in [0.15, 0.2) is 30.3 Å². The fourth-order valence-corrected chi connectivity index (χ4v) is 3.27. The van der Waals surface area contributed by atoms with E-state index in [1.54, 1.807) is 13.0 Å². The topological polar surface area (TPSA) is 63.4 Å². The van der Waals surface area contributed by atoms with E-state index in [-0.39, 0.29) is 16.0 Å². The molecule has 1 heterocycles. The lowest BCUT2D eigenvalue weighted by Gasteiger charge is -2.24. The predicted molar refractivity (Wildman–Crippen MR) is 81.6 cm³/mol. The molecule has 2 amide bonds. The molecule has 0 aliphatic carbocycles. The van der Waals surface area contributed by atoms with Gasteiger partial charge in [0, 0.05) is 10.4 Å². The van der Waals surface area contributed by atoms with Crippen molar-refractivity contribution in [2.75, 3.05) is 4.90 Å². The Morgan fingerprint density at radius 2 is 1.70 bits per heavy atom. The zero-order chi connectivity index (χ0) is 17.4. The third-order valence-electron chi connectivity index (χ3n) is 3.29. The smallest absolute Gasteiger partial charge is 0.365 e. The number of hydrogen-bond donors (Lipinski definition) is 1. The Bertz CT molecular complexity index is 754. The van der Waals surface area contributed by atoms with E-state index in [0.717, 1.165) is 0 Å². The van der Waals surface area contributed by atoms with Crippen molar-refractivity contribution in [3.05, 3.63) is 51.9 Å². The van der Waals surface area contributed by atoms with Crippen LogP contribution in [-0.2, 0) is 0 Å². The molecule has 0 spiro atoms. The maximum absolute atomic E-state index is 13.5. The van der Waals surface area contributed by atoms with Crippen molar-refractivity contribution in [3.63, 3.8) is 0 Å². The van der Waals surface area contributed by atoms with E-state index in [0.29, 0.717) is 21.8 Å². The van der Waals surface area contributed by atoms with Crippen LogP contribution in [0.2, 0.25) is 0 Å². The van der Waals surface area contributed by atoms with E-state index < -0.39 is 23.1 Å². The van der Waals surface area contributed by atoms with E-state index in [9.17, 15) is 22.8 Å². The molecular weight excluding hydrogens is 329 g/mol. The van der Waals surface area contributed by atoms with Gasteiger partial charge in [-0.15, -0.1) is 24.5 Å². The number of hydrogen-bond acceptors (Lipinski definition) is 3. The Kier molecular flexibility index (Phi) is 4.46. The molecule has 0 unspecified atom stereocenters. The van der Waals surface area contributed by atoms with Crippen LogP contribution in [-0.4, -0.2) is 18.1 Å². The maximum Gasteiger partial charge on any atom is 0.492 e. The van der Waals surface area contributed by atoms with Crippen LogP contribution in [0.4, 0.5) is 18.2 Å². The number of amides is 2. The fraction of sp³-hybridized carbons (Fsp3) is 0.200. The lowest BCUT2D eigenvalue weighted by Crippen LogP contribution is -2.43. The van der Waals surface area contributed by atoms with Crippen molar-refractivity contribution < 1.29 is 22.8 Å². The molecule has 122 valence electrons. The summed E-state index contributed by atoms with van der Waals surface area (Å²) in [5, 5.41) is -0.506. The molecule has 4 nitrogen and oxygen atoms in total. The number of benzene rings is 1. The quantitative estimate of drug-likeness (QED) is 0.866. The normalized spacial score (nSPS) is 11.3. The molecule has 0 aliphatic heterocycles. The second-order valence-corrected chi connectivity index (χ2v) is 6.01. The molecule has 0 saturated carbocycles. The number of nitrogens with zero attached hydrogens (tertiary/aromatic N) is 1. The van der Waals surface area contributed by atoms with Crippen molar-refractivity contribution in [1.29, 1.82) is 0 Å². The first kappa shape index (κ1) is 17.0. The average molecular weight is 342 g/mol. The lowest BCUT2D eigenvalue weighted by atomic mass is 10.1. The fourth-order valence-electron chi connectivity index (χ4n) is 2.09. The van der Waals surface area contributed by atoms with Gasteiger partial charge in [-0.3, -0.25) is 9.59 Å². The molecule has 0 saturated heterocycles. The van der Waals surface area contributed by atoms with Gasteiger partial charge in [-0.1, -0.05) is 18.2 Å². The molecule has 2 aromatic rings. The molecule has 2 rings (SSSR count). The highest BCUT2D eigenvalue weighted by Crippen LogP contribution is 2.40. The van der Waals surface area contributed by atoms with E-state index >= 15 is 0 Å². The van der Waals surface area contributed by atoms with Crippen LogP contribution >= 0.6 is 11.3 Å². The second-order valence-electron chi connectivity index (χ2n) is 4.80. The van der Waals surface area contributed by atoms with E-state index in [1.165, 1.54) is 31.2 Å². The van der Waals surface area contributed by atoms with E-state index in [4.69, 9.17) is 5.73 Å². The summed E-state index contributed by atoms with van der Waals surface area (Å²) in [6.45, 7) is 3.06. The molecule has 0 fully saturated rings. The SMILES string of the molecule is Cc1sc(N(C(=O)c2ccccc2)C(F)(F)F)c(C(N)=O)c1C. The second kappa shape index (κ2) is 6.04. The number of aryl methyl sites for hydroxylation is 1. The van der Waals surface area contributed by atoms with Gasteiger partial charge in [0.05, 0.1) is 5.56 Å². The number of halogens is 3. The largest absolute Gasteiger partial charge is 0.492 e. The summed E-state index contributed by atoms with van der Waals surface area (Å²) in [6.07, 6.45) is -4.99. The number of rotatable bonds is 3. The van der Waals surface area contributed by atoms with Crippen molar-refractivity contribution in [1.82, 2.24) is 0 Å². The number of alkyl halides is 3. The first-order valence-corrected chi connectivity index (χ1v) is 7.32. The summed E-state index contributed by atoms with van der Waals surface area (Å²) >= 11 is 0.712. The average Bonchev–Trinajstić information content (AvgIpc) is 2.74. The molecule has 8 heteroatoms. The molecule has 0 bridgehead atoms. The standard InChI is InChI=1S/C15H13F3N2O2S/c1-8-9(2)23-14(11(8)12(19)21)20(15(16,17)18)13(22)10-6-4-3-5-7-10/h3-7H,1-2H3,(H2,19,21). The summed E-state index contributed by atoms with van der Waals surface area (Å²) in [5.41, 5.74) is 5.13. The molecule has 1 aromatic heterocycles. The van der Waals surface area contributed by atoms with Gasteiger partial charge in [0.25, 0.3) is 11.8 Å². The highest BCUT2D eigenvalue weighted by molar-refractivity contribution is 7.17. The Morgan fingerprint density at radius 1 is 1.13 bits per heavy atom. The number of anilines is 1. The van der Waals surface area contributed by atoms with Crippen LogP contribution in [0.3, 0.4) is 0 Å². The summed E-state index contributed by atoms with van der Waals surface area (Å²) in [4.78, 5) is 24.1. The number of primary amides is 1. The molecule has 0 radical (unpaired) electrons. The zero-order valence-electron chi connectivity index (χ0n) is 12.3. The molecule has 1 aromatic carbocycles. The highest BCUT2D eigenvalue weighted by Gasteiger charge is 2.45. The highest BCUT2D eigenvalue weighted by atomic mass is 32.1. The number of carbonyl (C=O) groups is 2. The van der Waals surface area contributed by atoms with Gasteiger partial charge in [0.1, 0.15) is 5.00 Å². The third-order valence-corrected chi connectivity index (χ3v) is 4.49. The first-order chi connectivity index (χ1) is 10.6. The van der Waals surface area contributed by atoms with Gasteiger partial charge in [-0.2, -0.15) is 0 Å². The van der Waals surface area contributed by atoms with Gasteiger partial charge in [0.15, 0.2) is 0 Å². The Hall–Kier alpha value is -2.35. The van der Waals surface area contributed by atoms with Crippen LogP contribution in [0, 0.1) is 13.8 Å². The minimum absolute atomic E-state index is 0.135. The number of carbonyl (C=O) groups excluding carboxylic acids is 2. The summed E-state index contributed by atoms with van der Waals surface area (Å²) in [7, 11) is 0. The van der Waals surface area contributed by atoms with Gasteiger partial charge >= 0.3 is 6.30 Å². The molecule has 23 heavy (non-hydrogen) atoms. The lowest BCUT2D eigenvalue weighted by molar-refractivity contribution is -0.122. The van der Waals surface area contributed by atoms with Gasteiger partial charge in [-0.05, 0) is 31.5 Å². The molecule has 0 aliphatic rings. The summed E-state index contributed by atoms with van der Waals surface area (Å²) in [6, 6.07) is 7.06. The monoisotopic (exact) mass is 342 g/mol. The minimum Gasteiger partial charge on any atom is -0.365 e. The summed E-state index contributed by atoms with van der Waals surface area (Å²) in [5.74, 6) is -2.26. The predicted octanol–water partition coefficient (Wildman–Crippen LogP) is 3.63. The van der Waals surface area contributed by atoms with Crippen LogP contribution in [0.5, 0.6) is 0 Å². The first-order valence-electron chi connectivity index (χ1n) is 6.50. The number of thiophene rings is 1. The van der Waals surface area contributed by atoms with Crippen molar-refractivity contribution in [2.24, 2.45) is 5.73 Å². The van der Waals surface area contributed by atoms with Gasteiger partial charge < -0.3 is 5.73 Å². The van der Waals surface area contributed by atoms with E-state index in [2.05, 4.69) is 0 Å². The van der Waals surface area contributed by atoms with Crippen molar-refractivity contribution >= 4 is 28.2 Å². The Balaban J connectivity index is 2.65. The molecular formula is C15H13F3N2O2S. The van der Waals surface area contributed by atoms with Crippen LogP contribution in [0.1, 0.15) is 31.2 Å². The van der Waals surface area contributed by atoms with Crippen molar-refractivity contribution in [2.45, 2.75) is 20.1 Å². The van der Waals surface area contributed by atoms with E-state index in [1.807, 2.05) is 0 Å². The van der Waals surface area contributed by atoms with Crippen LogP contribution in [0.25, 0.3) is 0 Å². The summed E-state index contributed by atoms with van der Waals surface area (Å²) < 4.78 is 40.5. The van der Waals surface area contributed by atoms with Crippen molar-refractivity contribution in [3.8, 4) is 0 Å². The Labute approximate surface area is 134 Å². The molecule has 0 atom stereocenters. The molecule has 2 N–H and O–H groups in total. The Morgan fingerprint density at radius 3 is 2.17 bits per heavy atom. The maximum atomic E-state index is 13.5. The van der Waals surface area contributed by atoms with Crippen LogP contribution < -0.4 is 10.6 Å². The van der Waals surface area contributed by atoms with Gasteiger partial charge in [-0.25, -0.2) is 4.90 Å². The zero-order valence-corrected chi connectivity index (χ0v) is 13.1.